The first-order chi connectivity index (χ1) is 15.3. The van der Waals surface area contributed by atoms with Gasteiger partial charge < -0.3 is 20.1 Å². The second-order valence-electron chi connectivity index (χ2n) is 7.74. The molecule has 2 N–H and O–H groups in total. The van der Waals surface area contributed by atoms with Crippen LogP contribution in [0.3, 0.4) is 0 Å². The molecular weight excluding hydrogens is 425 g/mol. The zero-order chi connectivity index (χ0) is 22.5. The highest BCUT2D eigenvalue weighted by Gasteiger charge is 2.34. The lowest BCUT2D eigenvalue weighted by Gasteiger charge is -2.36. The highest BCUT2D eigenvalue weighted by molar-refractivity contribution is 5.99. The fourth-order valence-corrected chi connectivity index (χ4v) is 4.16. The number of nitrogen functional groups attached to an aromatic ring is 1. The van der Waals surface area contributed by atoms with Gasteiger partial charge >= 0.3 is 6.18 Å². The second kappa shape index (κ2) is 7.72. The number of carbonyl (C=O) groups excluding carboxylic acids is 1. The molecule has 3 aromatic rings. The first-order valence-electron chi connectivity index (χ1n) is 10.0. The minimum atomic E-state index is -4.52. The Bertz CT molecular complexity index is 1200. The van der Waals surface area contributed by atoms with Crippen molar-refractivity contribution in [3.05, 3.63) is 64.5 Å². The monoisotopic (exact) mass is 444 g/mol. The number of nitrogens with zero attached hydrogens (tertiary/aromatic N) is 3. The van der Waals surface area contributed by atoms with Crippen molar-refractivity contribution in [2.45, 2.75) is 25.4 Å². The Balaban J connectivity index is 1.48. The van der Waals surface area contributed by atoms with E-state index in [0.717, 1.165) is 28.8 Å². The molecule has 10 heteroatoms. The molecule has 0 aliphatic carbocycles. The molecule has 1 atom stereocenters. The number of alkyl halides is 3. The summed E-state index contributed by atoms with van der Waals surface area (Å²) in [6.07, 6.45) is -3.37. The van der Waals surface area contributed by atoms with Gasteiger partial charge in [-0.15, -0.1) is 0 Å². The summed E-state index contributed by atoms with van der Waals surface area (Å²) in [5.41, 5.74) is 8.40. The zero-order valence-electron chi connectivity index (χ0n) is 16.9. The first kappa shape index (κ1) is 20.7. The van der Waals surface area contributed by atoms with E-state index in [0.29, 0.717) is 48.8 Å². The van der Waals surface area contributed by atoms with Crippen LogP contribution in [-0.2, 0) is 28.9 Å². The van der Waals surface area contributed by atoms with Gasteiger partial charge in [-0.1, -0.05) is 6.07 Å². The molecule has 32 heavy (non-hydrogen) atoms. The lowest BCUT2D eigenvalue weighted by atomic mass is 10.0. The van der Waals surface area contributed by atoms with Gasteiger partial charge in [0, 0.05) is 29.3 Å². The van der Waals surface area contributed by atoms with Crippen LogP contribution in [0.4, 0.5) is 19.0 Å². The van der Waals surface area contributed by atoms with Gasteiger partial charge in [-0.3, -0.25) is 9.78 Å². The van der Waals surface area contributed by atoms with Crippen molar-refractivity contribution in [1.82, 2.24) is 14.9 Å². The number of halogens is 3. The fourth-order valence-electron chi connectivity index (χ4n) is 4.16. The summed E-state index contributed by atoms with van der Waals surface area (Å²) in [5, 5.41) is 0.804. The highest BCUT2D eigenvalue weighted by Crippen LogP contribution is 2.33. The SMILES string of the molecule is Nc1nc2ccc(C(=O)N3CCOCC3c3ccc(C(F)(F)F)nc3)cc2c2c1COC2. The first-order valence-corrected chi connectivity index (χ1v) is 10.0. The average Bonchev–Trinajstić information content (AvgIpc) is 3.29. The maximum absolute atomic E-state index is 13.4. The Labute approximate surface area is 181 Å². The molecule has 7 nitrogen and oxygen atoms in total. The molecule has 1 unspecified atom stereocenters. The van der Waals surface area contributed by atoms with Gasteiger partial charge in [0.2, 0.25) is 0 Å². The van der Waals surface area contributed by atoms with Gasteiger partial charge in [-0.25, -0.2) is 4.98 Å². The highest BCUT2D eigenvalue weighted by atomic mass is 19.4. The van der Waals surface area contributed by atoms with Gasteiger partial charge in [-0.2, -0.15) is 13.2 Å². The second-order valence-corrected chi connectivity index (χ2v) is 7.74. The van der Waals surface area contributed by atoms with Gasteiger partial charge in [0.1, 0.15) is 11.5 Å². The Morgan fingerprint density at radius 3 is 2.69 bits per heavy atom. The summed E-state index contributed by atoms with van der Waals surface area (Å²) in [5.74, 6) is 0.178. The number of aromatic nitrogens is 2. The number of nitrogens with two attached hydrogens (primary N) is 1. The van der Waals surface area contributed by atoms with Crippen LogP contribution in [0.15, 0.2) is 36.5 Å². The normalized spacial score (nSPS) is 18.7. The smallest absolute Gasteiger partial charge is 0.383 e. The predicted molar refractivity (Wildman–Crippen MR) is 108 cm³/mol. The fraction of sp³-hybridized carbons (Fsp3) is 0.318. The lowest BCUT2D eigenvalue weighted by Crippen LogP contribution is -2.43. The molecule has 166 valence electrons. The van der Waals surface area contributed by atoms with Crippen molar-refractivity contribution < 1.29 is 27.4 Å². The minimum absolute atomic E-state index is 0.174. The van der Waals surface area contributed by atoms with E-state index in [1.165, 1.54) is 6.07 Å². The molecule has 2 aliphatic heterocycles. The molecule has 0 bridgehead atoms. The van der Waals surface area contributed by atoms with Crippen molar-refractivity contribution in [1.29, 1.82) is 0 Å². The molecule has 1 saturated heterocycles. The molecule has 0 radical (unpaired) electrons. The van der Waals surface area contributed by atoms with Crippen LogP contribution in [0.1, 0.15) is 38.8 Å². The van der Waals surface area contributed by atoms with Gasteiger partial charge in [0.15, 0.2) is 0 Å². The number of ether oxygens (including phenoxy) is 2. The standard InChI is InChI=1S/C22H19F3N4O3/c23-22(24,25)19-4-2-13(8-27-19)18-11-31-6-5-29(18)21(30)12-1-3-17-14(7-12)15-9-32-10-16(15)20(26)28-17/h1-4,7-8,18H,5-6,9-11H2,(H2,26,28). The van der Waals surface area contributed by atoms with E-state index in [4.69, 9.17) is 15.2 Å². The summed E-state index contributed by atoms with van der Waals surface area (Å²) in [4.78, 5) is 23.0. The molecule has 0 spiro atoms. The topological polar surface area (TPSA) is 90.6 Å². The van der Waals surface area contributed by atoms with Crippen LogP contribution in [0.5, 0.6) is 0 Å². The van der Waals surface area contributed by atoms with E-state index in [2.05, 4.69) is 9.97 Å². The summed E-state index contributed by atoms with van der Waals surface area (Å²) >= 11 is 0. The number of hydrogen-bond donors (Lipinski definition) is 1. The van der Waals surface area contributed by atoms with Crippen molar-refractivity contribution in [2.24, 2.45) is 0 Å². The largest absolute Gasteiger partial charge is 0.433 e. The maximum Gasteiger partial charge on any atom is 0.433 e. The quantitative estimate of drug-likeness (QED) is 0.651. The molecule has 1 fully saturated rings. The maximum atomic E-state index is 13.4. The Hall–Kier alpha value is -3.24. The van der Waals surface area contributed by atoms with Gasteiger partial charge in [0.25, 0.3) is 5.91 Å². The molecule has 1 amide bonds. The van der Waals surface area contributed by atoms with E-state index >= 15 is 0 Å². The third-order valence-electron chi connectivity index (χ3n) is 5.83. The molecule has 1 aromatic carbocycles. The Kier molecular flexibility index (Phi) is 4.98. The average molecular weight is 444 g/mol. The number of benzene rings is 1. The van der Waals surface area contributed by atoms with E-state index < -0.39 is 17.9 Å². The van der Waals surface area contributed by atoms with E-state index in [9.17, 15) is 18.0 Å². The van der Waals surface area contributed by atoms with Crippen LogP contribution in [0.2, 0.25) is 0 Å². The lowest BCUT2D eigenvalue weighted by molar-refractivity contribution is -0.141. The van der Waals surface area contributed by atoms with Crippen molar-refractivity contribution in [3.8, 4) is 0 Å². The molecule has 2 aromatic heterocycles. The van der Waals surface area contributed by atoms with Crippen LogP contribution < -0.4 is 5.73 Å². The summed E-state index contributed by atoms with van der Waals surface area (Å²) < 4.78 is 49.6. The van der Waals surface area contributed by atoms with Crippen LogP contribution in [-0.4, -0.2) is 40.5 Å². The Morgan fingerprint density at radius 2 is 1.94 bits per heavy atom. The van der Waals surface area contributed by atoms with Crippen molar-refractivity contribution >= 4 is 22.6 Å². The number of amides is 1. The molecular formula is C22H19F3N4O3. The number of fused-ring (bicyclic) bond motifs is 3. The molecule has 2 aliphatic rings. The van der Waals surface area contributed by atoms with Gasteiger partial charge in [-0.05, 0) is 35.4 Å². The molecule has 0 saturated carbocycles. The van der Waals surface area contributed by atoms with Crippen LogP contribution >= 0.6 is 0 Å². The number of morpholine rings is 1. The third-order valence-corrected chi connectivity index (χ3v) is 5.83. The number of hydrogen-bond acceptors (Lipinski definition) is 6. The van der Waals surface area contributed by atoms with Crippen molar-refractivity contribution in [3.63, 3.8) is 0 Å². The number of anilines is 1. The van der Waals surface area contributed by atoms with Crippen LogP contribution in [0.25, 0.3) is 10.9 Å². The van der Waals surface area contributed by atoms with Gasteiger partial charge in [0.05, 0.1) is 38.0 Å². The summed E-state index contributed by atoms with van der Waals surface area (Å²) in [6.45, 7) is 1.60. The van der Waals surface area contributed by atoms with E-state index in [-0.39, 0.29) is 12.5 Å². The number of rotatable bonds is 2. The summed E-state index contributed by atoms with van der Waals surface area (Å²) in [6, 6.07) is 6.91. The predicted octanol–water partition coefficient (Wildman–Crippen LogP) is 3.47. The van der Waals surface area contributed by atoms with E-state index in [1.54, 1.807) is 23.1 Å². The third kappa shape index (κ3) is 3.55. The van der Waals surface area contributed by atoms with Crippen molar-refractivity contribution in [2.75, 3.05) is 25.5 Å². The molecule has 5 rings (SSSR count). The summed E-state index contributed by atoms with van der Waals surface area (Å²) in [7, 11) is 0. The number of carbonyl (C=O) groups is 1. The Morgan fingerprint density at radius 1 is 1.12 bits per heavy atom. The molecule has 4 heterocycles. The van der Waals surface area contributed by atoms with E-state index in [1.807, 2.05) is 0 Å². The minimum Gasteiger partial charge on any atom is -0.383 e. The number of pyridine rings is 2. The zero-order valence-corrected chi connectivity index (χ0v) is 16.9. The van der Waals surface area contributed by atoms with Crippen LogP contribution in [0, 0.1) is 0 Å².